The first-order valence-electron chi connectivity index (χ1n) is 7.18. The van der Waals surface area contributed by atoms with Crippen molar-refractivity contribution >= 4 is 5.91 Å². The molecule has 0 aliphatic carbocycles. The maximum absolute atomic E-state index is 12.5. The number of benzene rings is 1. The van der Waals surface area contributed by atoms with Gasteiger partial charge in [0.15, 0.2) is 0 Å². The quantitative estimate of drug-likeness (QED) is 0.840. The van der Waals surface area contributed by atoms with Gasteiger partial charge in [0.25, 0.3) is 5.91 Å². The van der Waals surface area contributed by atoms with E-state index >= 15 is 0 Å². The molecule has 1 saturated heterocycles. The molecule has 4 heteroatoms. The van der Waals surface area contributed by atoms with Crippen molar-refractivity contribution in [3.05, 3.63) is 34.9 Å². The van der Waals surface area contributed by atoms with Crippen LogP contribution in [0.4, 0.5) is 0 Å². The van der Waals surface area contributed by atoms with Crippen molar-refractivity contribution in [2.75, 3.05) is 26.8 Å². The first kappa shape index (κ1) is 15.6. The molecular weight excluding hydrogens is 266 g/mol. The number of piperidine rings is 1. The van der Waals surface area contributed by atoms with Gasteiger partial charge in [-0.25, -0.2) is 0 Å². The second kappa shape index (κ2) is 7.26. The number of aliphatic hydroxyl groups is 1. The molecule has 4 nitrogen and oxygen atoms in total. The number of carbonyl (C=O) groups excluding carboxylic acids is 1. The molecule has 1 aliphatic heterocycles. The number of aliphatic hydroxyl groups excluding tert-OH is 1. The number of hydrogen-bond donors (Lipinski definition) is 1. The van der Waals surface area contributed by atoms with Crippen LogP contribution in [-0.4, -0.2) is 48.8 Å². The zero-order chi connectivity index (χ0) is 15.2. The molecule has 1 atom stereocenters. The van der Waals surface area contributed by atoms with Gasteiger partial charge in [0, 0.05) is 31.3 Å². The van der Waals surface area contributed by atoms with Crippen LogP contribution in [0, 0.1) is 18.8 Å². The van der Waals surface area contributed by atoms with E-state index in [4.69, 9.17) is 9.84 Å². The van der Waals surface area contributed by atoms with Gasteiger partial charge in [-0.2, -0.15) is 0 Å². The van der Waals surface area contributed by atoms with Gasteiger partial charge in [0.2, 0.25) is 0 Å². The van der Waals surface area contributed by atoms with Crippen molar-refractivity contribution in [3.63, 3.8) is 0 Å². The Bertz CT molecular complexity index is 571. The standard InChI is InChI=1S/C17H21NO3/c1-13-11-15(8-7-14(13)5-4-10-19)17(20)18-9-3-6-16(12-18)21-2/h7-8,11,16,19H,3,6,9-10,12H2,1-2H3. The van der Waals surface area contributed by atoms with Crippen LogP contribution in [0.5, 0.6) is 0 Å². The Morgan fingerprint density at radius 2 is 2.33 bits per heavy atom. The highest BCUT2D eigenvalue weighted by Gasteiger charge is 2.24. The molecule has 0 saturated carbocycles. The molecule has 21 heavy (non-hydrogen) atoms. The van der Waals surface area contributed by atoms with Crippen LogP contribution in [0.3, 0.4) is 0 Å². The fourth-order valence-corrected chi connectivity index (χ4v) is 2.57. The van der Waals surface area contributed by atoms with Crippen LogP contribution < -0.4 is 0 Å². The normalized spacial score (nSPS) is 18.0. The fourth-order valence-electron chi connectivity index (χ4n) is 2.57. The predicted molar refractivity (Wildman–Crippen MR) is 81.1 cm³/mol. The van der Waals surface area contributed by atoms with Gasteiger partial charge in [-0.3, -0.25) is 4.79 Å². The fraction of sp³-hybridized carbons (Fsp3) is 0.471. The van der Waals surface area contributed by atoms with Crippen LogP contribution >= 0.6 is 0 Å². The van der Waals surface area contributed by atoms with Crippen LogP contribution in [0.2, 0.25) is 0 Å². The lowest BCUT2D eigenvalue weighted by Gasteiger charge is -2.32. The monoisotopic (exact) mass is 287 g/mol. The third kappa shape index (κ3) is 3.84. The van der Waals surface area contributed by atoms with E-state index in [1.165, 1.54) is 0 Å². The number of amides is 1. The summed E-state index contributed by atoms with van der Waals surface area (Å²) in [6, 6.07) is 5.50. The molecule has 0 aromatic heterocycles. The number of methoxy groups -OCH3 is 1. The van der Waals surface area contributed by atoms with E-state index in [1.807, 2.05) is 24.0 Å². The van der Waals surface area contributed by atoms with Crippen LogP contribution in [0.1, 0.15) is 34.3 Å². The topological polar surface area (TPSA) is 49.8 Å². The van der Waals surface area contributed by atoms with Gasteiger partial charge in [0.05, 0.1) is 6.10 Å². The number of ether oxygens (including phenoxy) is 1. The maximum Gasteiger partial charge on any atom is 0.253 e. The van der Waals surface area contributed by atoms with E-state index in [1.54, 1.807) is 13.2 Å². The highest BCUT2D eigenvalue weighted by Crippen LogP contribution is 2.17. The Labute approximate surface area is 125 Å². The second-order valence-electron chi connectivity index (χ2n) is 5.24. The lowest BCUT2D eigenvalue weighted by atomic mass is 10.0. The first-order valence-corrected chi connectivity index (χ1v) is 7.18. The lowest BCUT2D eigenvalue weighted by Crippen LogP contribution is -2.42. The van der Waals surface area contributed by atoms with Crippen molar-refractivity contribution < 1.29 is 14.6 Å². The molecule has 1 aliphatic rings. The average molecular weight is 287 g/mol. The number of hydrogen-bond acceptors (Lipinski definition) is 3. The van der Waals surface area contributed by atoms with Gasteiger partial charge in [-0.1, -0.05) is 11.8 Å². The van der Waals surface area contributed by atoms with Crippen molar-refractivity contribution in [2.45, 2.75) is 25.9 Å². The maximum atomic E-state index is 12.5. The molecule has 1 amide bonds. The summed E-state index contributed by atoms with van der Waals surface area (Å²) in [6.45, 7) is 3.20. The second-order valence-corrected chi connectivity index (χ2v) is 5.24. The van der Waals surface area contributed by atoms with Crippen molar-refractivity contribution in [2.24, 2.45) is 0 Å². The van der Waals surface area contributed by atoms with E-state index in [9.17, 15) is 4.79 Å². The van der Waals surface area contributed by atoms with E-state index < -0.39 is 0 Å². The minimum Gasteiger partial charge on any atom is -0.384 e. The Kier molecular flexibility index (Phi) is 5.38. The zero-order valence-corrected chi connectivity index (χ0v) is 12.6. The average Bonchev–Trinajstić information content (AvgIpc) is 2.53. The third-order valence-electron chi connectivity index (χ3n) is 3.77. The number of likely N-dealkylation sites (tertiary alicyclic amines) is 1. The van der Waals surface area contributed by atoms with Crippen molar-refractivity contribution in [1.82, 2.24) is 4.90 Å². The molecule has 1 N–H and O–H groups in total. The summed E-state index contributed by atoms with van der Waals surface area (Å²) in [4.78, 5) is 14.4. The summed E-state index contributed by atoms with van der Waals surface area (Å²) >= 11 is 0. The summed E-state index contributed by atoms with van der Waals surface area (Å²) in [5.74, 6) is 5.55. The first-order chi connectivity index (χ1) is 10.2. The predicted octanol–water partition coefficient (Wildman–Crippen LogP) is 1.59. The number of aryl methyl sites for hydroxylation is 1. The Morgan fingerprint density at radius 3 is 3.00 bits per heavy atom. The van der Waals surface area contributed by atoms with Gasteiger partial charge >= 0.3 is 0 Å². The van der Waals surface area contributed by atoms with Gasteiger partial charge < -0.3 is 14.7 Å². The Morgan fingerprint density at radius 1 is 1.52 bits per heavy atom. The van der Waals surface area contributed by atoms with Crippen LogP contribution in [0.15, 0.2) is 18.2 Å². The van der Waals surface area contributed by atoms with E-state index in [2.05, 4.69) is 11.8 Å². The highest BCUT2D eigenvalue weighted by molar-refractivity contribution is 5.94. The zero-order valence-electron chi connectivity index (χ0n) is 12.6. The Balaban J connectivity index is 2.14. The lowest BCUT2D eigenvalue weighted by molar-refractivity contribution is 0.0269. The summed E-state index contributed by atoms with van der Waals surface area (Å²) in [5.41, 5.74) is 2.47. The van der Waals surface area contributed by atoms with Crippen molar-refractivity contribution in [1.29, 1.82) is 0 Å². The third-order valence-corrected chi connectivity index (χ3v) is 3.77. The number of rotatable bonds is 2. The number of carbonyl (C=O) groups is 1. The number of nitrogens with zero attached hydrogens (tertiary/aromatic N) is 1. The molecule has 1 unspecified atom stereocenters. The van der Waals surface area contributed by atoms with Crippen LogP contribution in [0.25, 0.3) is 0 Å². The van der Waals surface area contributed by atoms with E-state index in [-0.39, 0.29) is 18.6 Å². The minimum atomic E-state index is -0.160. The molecule has 1 heterocycles. The molecule has 0 spiro atoms. The summed E-state index contributed by atoms with van der Waals surface area (Å²) in [6.07, 6.45) is 2.12. The van der Waals surface area contributed by atoms with Crippen molar-refractivity contribution in [3.8, 4) is 11.8 Å². The molecule has 0 bridgehead atoms. The largest absolute Gasteiger partial charge is 0.384 e. The Hall–Kier alpha value is -1.83. The van der Waals surface area contributed by atoms with Gasteiger partial charge in [-0.05, 0) is 43.5 Å². The van der Waals surface area contributed by atoms with Gasteiger partial charge in [-0.15, -0.1) is 0 Å². The molecular formula is C17H21NO3. The minimum absolute atomic E-state index is 0.0431. The molecule has 2 rings (SSSR count). The molecule has 1 aromatic rings. The molecule has 112 valence electrons. The van der Waals surface area contributed by atoms with E-state index in [0.29, 0.717) is 12.1 Å². The van der Waals surface area contributed by atoms with Crippen LogP contribution in [-0.2, 0) is 4.74 Å². The summed E-state index contributed by atoms with van der Waals surface area (Å²) < 4.78 is 5.36. The summed E-state index contributed by atoms with van der Waals surface area (Å²) in [7, 11) is 1.69. The summed E-state index contributed by atoms with van der Waals surface area (Å²) in [5, 5.41) is 8.73. The molecule has 0 radical (unpaired) electrons. The SMILES string of the molecule is COC1CCCN(C(=O)c2ccc(C#CCO)c(C)c2)C1. The smallest absolute Gasteiger partial charge is 0.253 e. The molecule has 1 aromatic carbocycles. The highest BCUT2D eigenvalue weighted by atomic mass is 16.5. The molecule has 1 fully saturated rings. The van der Waals surface area contributed by atoms with E-state index in [0.717, 1.165) is 30.5 Å². The van der Waals surface area contributed by atoms with Gasteiger partial charge in [0.1, 0.15) is 6.61 Å².